The Balaban J connectivity index is 1.85. The maximum absolute atomic E-state index is 14.0. The number of halogens is 6. The van der Waals surface area contributed by atoms with Crippen LogP contribution in [0.3, 0.4) is 0 Å². The van der Waals surface area contributed by atoms with Crippen LogP contribution in [0, 0.1) is 11.3 Å². The predicted octanol–water partition coefficient (Wildman–Crippen LogP) is 6.61. The van der Waals surface area contributed by atoms with E-state index in [1.165, 1.54) is 36.5 Å². The second kappa shape index (κ2) is 15.1. The van der Waals surface area contributed by atoms with Crippen LogP contribution in [0.4, 0.5) is 32.3 Å². The number of methoxy groups -OCH3 is 1. The first-order chi connectivity index (χ1) is 23.1. The summed E-state index contributed by atoms with van der Waals surface area (Å²) in [5.74, 6) is -0.978. The highest BCUT2D eigenvalue weighted by atomic mass is 19.4. The number of nitriles is 1. The lowest BCUT2D eigenvalue weighted by atomic mass is 9.98. The van der Waals surface area contributed by atoms with Crippen LogP contribution in [0.2, 0.25) is 0 Å². The van der Waals surface area contributed by atoms with Crippen LogP contribution in [-0.2, 0) is 30.2 Å². The van der Waals surface area contributed by atoms with Crippen LogP contribution >= 0.6 is 0 Å². The van der Waals surface area contributed by atoms with Crippen LogP contribution < -0.4 is 19.5 Å². The molecule has 0 saturated heterocycles. The minimum atomic E-state index is -4.79. The zero-order valence-corrected chi connectivity index (χ0v) is 26.2. The number of carbonyl (C=O) groups is 1. The van der Waals surface area contributed by atoms with Gasteiger partial charge in [0.05, 0.1) is 54.6 Å². The molecule has 2 aromatic heterocycles. The van der Waals surface area contributed by atoms with Crippen molar-refractivity contribution < 1.29 is 45.7 Å². The van der Waals surface area contributed by atoms with E-state index in [4.69, 9.17) is 9.47 Å². The molecule has 0 fully saturated rings. The van der Waals surface area contributed by atoms with Crippen LogP contribution in [0.15, 0.2) is 67.5 Å². The molecule has 0 atom stereocenters. The summed E-state index contributed by atoms with van der Waals surface area (Å²) < 4.78 is 94.1. The fraction of sp³-hybridized carbons (Fsp3) is 0.265. The Labute approximate surface area is 277 Å². The summed E-state index contributed by atoms with van der Waals surface area (Å²) in [6, 6.07) is 10.7. The number of anilines is 1. The molecule has 0 spiro atoms. The summed E-state index contributed by atoms with van der Waals surface area (Å²) in [6.45, 7) is 4.84. The Hall–Kier alpha value is -5.65. The van der Waals surface area contributed by atoms with E-state index < -0.39 is 29.4 Å². The molecule has 49 heavy (non-hydrogen) atoms. The number of pyridine rings is 1. The number of allylic oxidation sites excluding steroid dienone is 1. The highest BCUT2D eigenvalue weighted by molar-refractivity contribution is 5.73. The molecular formula is C34H28F6N5O4-. The van der Waals surface area contributed by atoms with E-state index in [1.54, 1.807) is 25.1 Å². The molecule has 15 heteroatoms. The van der Waals surface area contributed by atoms with Gasteiger partial charge in [-0.1, -0.05) is 12.6 Å². The lowest BCUT2D eigenvalue weighted by Gasteiger charge is -2.26. The number of carboxylic acid groups (broad SMARTS) is 1. The van der Waals surface area contributed by atoms with E-state index in [0.717, 1.165) is 18.2 Å². The number of benzene rings is 2. The molecule has 0 bridgehead atoms. The standard InChI is InChI=1S/C34H29F6N5O4/c1-20(2)28-8-9-29(48-3)31(44-28)27-7-6-24(33(35,36)37)14-23(27)19-45(18-22-11-21(15-41)12-25(13-22)34(38,39)40)32-42-16-26(17-43-32)49-10-4-5-30(46)47/h6-9,11-14,16-17H,1,4-5,10,18-19H2,2-3H3,(H,46,47)/p-1. The fourth-order valence-electron chi connectivity index (χ4n) is 4.76. The third-order valence-electron chi connectivity index (χ3n) is 7.08. The molecule has 2 aromatic carbocycles. The summed E-state index contributed by atoms with van der Waals surface area (Å²) in [6.07, 6.45) is -7.18. The topological polar surface area (TPSA) is 124 Å². The monoisotopic (exact) mass is 684 g/mol. The largest absolute Gasteiger partial charge is 0.550 e. The summed E-state index contributed by atoms with van der Waals surface area (Å²) in [7, 11) is 1.37. The van der Waals surface area contributed by atoms with Crippen molar-refractivity contribution in [2.75, 3.05) is 18.6 Å². The lowest BCUT2D eigenvalue weighted by Crippen LogP contribution is -2.25. The number of carboxylic acids is 1. The number of hydrogen-bond acceptors (Lipinski definition) is 9. The Morgan fingerprint density at radius 2 is 1.67 bits per heavy atom. The minimum absolute atomic E-state index is 0.00564. The van der Waals surface area contributed by atoms with Gasteiger partial charge in [-0.3, -0.25) is 0 Å². The Morgan fingerprint density at radius 1 is 0.980 bits per heavy atom. The molecule has 4 rings (SSSR count). The molecule has 0 amide bonds. The van der Waals surface area contributed by atoms with Gasteiger partial charge in [0, 0.05) is 24.6 Å². The van der Waals surface area contributed by atoms with Crippen molar-refractivity contribution in [3.63, 3.8) is 0 Å². The Morgan fingerprint density at radius 3 is 2.27 bits per heavy atom. The number of nitrogens with zero attached hydrogens (tertiary/aromatic N) is 5. The molecule has 4 aromatic rings. The smallest absolute Gasteiger partial charge is 0.416 e. The van der Waals surface area contributed by atoms with Crippen molar-refractivity contribution in [1.29, 1.82) is 5.26 Å². The second-order valence-corrected chi connectivity index (χ2v) is 10.8. The molecular weight excluding hydrogens is 656 g/mol. The van der Waals surface area contributed by atoms with Crippen LogP contribution in [0.25, 0.3) is 16.8 Å². The first-order valence-corrected chi connectivity index (χ1v) is 14.5. The van der Waals surface area contributed by atoms with Gasteiger partial charge in [-0.25, -0.2) is 15.0 Å². The lowest BCUT2D eigenvalue weighted by molar-refractivity contribution is -0.305. The maximum atomic E-state index is 14.0. The van der Waals surface area contributed by atoms with Gasteiger partial charge in [-0.2, -0.15) is 31.6 Å². The van der Waals surface area contributed by atoms with E-state index in [1.807, 2.05) is 0 Å². The van der Waals surface area contributed by atoms with Crippen molar-refractivity contribution in [2.45, 2.75) is 45.2 Å². The third-order valence-corrected chi connectivity index (χ3v) is 7.08. The zero-order valence-electron chi connectivity index (χ0n) is 26.2. The first-order valence-electron chi connectivity index (χ1n) is 14.5. The number of carbonyl (C=O) groups excluding carboxylic acids is 1. The van der Waals surface area contributed by atoms with Crippen molar-refractivity contribution in [3.05, 3.63) is 101 Å². The van der Waals surface area contributed by atoms with Crippen molar-refractivity contribution in [3.8, 4) is 28.8 Å². The minimum Gasteiger partial charge on any atom is -0.550 e. The highest BCUT2D eigenvalue weighted by Crippen LogP contribution is 2.38. The van der Waals surface area contributed by atoms with E-state index >= 15 is 0 Å². The van der Waals surface area contributed by atoms with Gasteiger partial charge in [-0.05, 0) is 78.9 Å². The summed E-state index contributed by atoms with van der Waals surface area (Å²) in [5, 5.41) is 20.1. The number of hydrogen-bond donors (Lipinski definition) is 0. The van der Waals surface area contributed by atoms with Crippen molar-refractivity contribution in [2.24, 2.45) is 0 Å². The Kier molecular flexibility index (Phi) is 11.1. The van der Waals surface area contributed by atoms with Gasteiger partial charge in [0.15, 0.2) is 5.75 Å². The molecule has 256 valence electrons. The van der Waals surface area contributed by atoms with Crippen LogP contribution in [0.5, 0.6) is 11.5 Å². The van der Waals surface area contributed by atoms with Crippen molar-refractivity contribution >= 4 is 17.5 Å². The maximum Gasteiger partial charge on any atom is 0.416 e. The first kappa shape index (κ1) is 36.2. The van der Waals surface area contributed by atoms with Crippen LogP contribution in [0.1, 0.15) is 53.3 Å². The summed E-state index contributed by atoms with van der Waals surface area (Å²) in [5.41, 5.74) is -0.856. The molecule has 9 nitrogen and oxygen atoms in total. The normalized spacial score (nSPS) is 11.5. The van der Waals surface area contributed by atoms with Gasteiger partial charge >= 0.3 is 12.4 Å². The van der Waals surface area contributed by atoms with Gasteiger partial charge in [0.1, 0.15) is 11.4 Å². The number of ether oxygens (including phenoxy) is 2. The average Bonchev–Trinajstić information content (AvgIpc) is 3.05. The predicted molar refractivity (Wildman–Crippen MR) is 164 cm³/mol. The number of rotatable bonds is 13. The van der Waals surface area contributed by atoms with Gasteiger partial charge < -0.3 is 24.3 Å². The van der Waals surface area contributed by atoms with Crippen molar-refractivity contribution in [1.82, 2.24) is 15.0 Å². The van der Waals surface area contributed by atoms with Gasteiger partial charge in [0.25, 0.3) is 0 Å². The quantitative estimate of drug-likeness (QED) is 0.113. The van der Waals surface area contributed by atoms with Gasteiger partial charge in [-0.15, -0.1) is 0 Å². The zero-order chi connectivity index (χ0) is 35.9. The molecule has 0 aliphatic heterocycles. The summed E-state index contributed by atoms with van der Waals surface area (Å²) >= 11 is 0. The molecule has 0 saturated carbocycles. The average molecular weight is 685 g/mol. The van der Waals surface area contributed by atoms with E-state index in [9.17, 15) is 41.5 Å². The molecule has 0 aliphatic carbocycles. The van der Waals surface area contributed by atoms with Crippen LogP contribution in [-0.4, -0.2) is 34.6 Å². The second-order valence-electron chi connectivity index (χ2n) is 10.8. The number of aromatic nitrogens is 3. The molecule has 0 unspecified atom stereocenters. The SMILES string of the molecule is C=C(C)c1ccc(OC)c(-c2ccc(C(F)(F)F)cc2CN(Cc2cc(C#N)cc(C(F)(F)F)c2)c2ncc(OCCCC(=O)[O-])cn2)n1. The molecule has 2 heterocycles. The molecule has 0 aliphatic rings. The molecule has 0 N–H and O–H groups in total. The van der Waals surface area contributed by atoms with E-state index in [-0.39, 0.29) is 77.9 Å². The van der Waals surface area contributed by atoms with E-state index in [0.29, 0.717) is 17.3 Å². The third kappa shape index (κ3) is 9.47. The fourth-order valence-corrected chi connectivity index (χ4v) is 4.76. The number of aliphatic carboxylic acids is 1. The summed E-state index contributed by atoms with van der Waals surface area (Å²) in [4.78, 5) is 25.1. The van der Waals surface area contributed by atoms with Gasteiger partial charge in [0.2, 0.25) is 5.95 Å². The molecule has 0 radical (unpaired) electrons. The Bertz CT molecular complexity index is 1870. The highest BCUT2D eigenvalue weighted by Gasteiger charge is 2.33. The van der Waals surface area contributed by atoms with E-state index in [2.05, 4.69) is 21.5 Å². The number of alkyl halides is 6.